The number of Topliss-reactive ketones (excluding diaryl/α,β-unsaturated/α-hetero) is 2. The highest BCUT2D eigenvalue weighted by molar-refractivity contribution is 5.72. The van der Waals surface area contributed by atoms with E-state index in [1.807, 2.05) is 26.0 Å². The molecule has 0 saturated carbocycles. The molecule has 124 valence electrons. The maximum atomic E-state index is 9.59. The molecule has 0 spiro atoms. The van der Waals surface area contributed by atoms with Gasteiger partial charge in [-0.1, -0.05) is 0 Å². The van der Waals surface area contributed by atoms with Crippen molar-refractivity contribution in [3.63, 3.8) is 0 Å². The summed E-state index contributed by atoms with van der Waals surface area (Å²) in [6, 6.07) is 0. The molecule has 0 amide bonds. The number of carbonyl (C=O) groups is 3. The molecule has 20 heavy (non-hydrogen) atoms. The molecule has 0 aliphatic rings. The highest BCUT2D eigenvalue weighted by atomic mass is 16.5. The highest BCUT2D eigenvalue weighted by Gasteiger charge is 1.75. The van der Waals surface area contributed by atoms with Gasteiger partial charge in [0, 0.05) is 21.1 Å². The second-order valence-electron chi connectivity index (χ2n) is 4.26. The summed E-state index contributed by atoms with van der Waals surface area (Å²) in [6.07, 6.45) is 0. The summed E-state index contributed by atoms with van der Waals surface area (Å²) >= 11 is 0. The maximum Gasteiger partial charge on any atom is 0.302 e. The first kappa shape index (κ1) is 31.2. The minimum absolute atomic E-state index is 0.167. The van der Waals surface area contributed by atoms with Gasteiger partial charge in [-0.3, -0.25) is 4.79 Å². The van der Waals surface area contributed by atoms with Gasteiger partial charge in [0.2, 0.25) is 0 Å². The van der Waals surface area contributed by atoms with Crippen LogP contribution in [-0.2, 0) is 23.9 Å². The number of hydrogen-bond donors (Lipinski definition) is 0. The van der Waals surface area contributed by atoms with Crippen LogP contribution >= 0.6 is 0 Å². The van der Waals surface area contributed by atoms with E-state index >= 15 is 0 Å². The quantitative estimate of drug-likeness (QED) is 0.635. The monoisotopic (exact) mass is 295 g/mol. The van der Waals surface area contributed by atoms with Crippen molar-refractivity contribution in [1.29, 1.82) is 0 Å². The predicted octanol–water partition coefficient (Wildman–Crippen LogP) is 1.81. The average molecular weight is 295 g/mol. The summed E-state index contributed by atoms with van der Waals surface area (Å²) in [5.41, 5.74) is 0. The van der Waals surface area contributed by atoms with E-state index in [2.05, 4.69) is 9.47 Å². The van der Waals surface area contributed by atoms with Crippen molar-refractivity contribution in [2.75, 3.05) is 42.5 Å². The Hall–Kier alpha value is -1.27. The Morgan fingerprint density at radius 2 is 0.750 bits per heavy atom. The van der Waals surface area contributed by atoms with Crippen LogP contribution in [0.4, 0.5) is 0 Å². The first-order chi connectivity index (χ1) is 8.88. The van der Waals surface area contributed by atoms with Gasteiger partial charge in [0.05, 0.1) is 7.11 Å². The van der Waals surface area contributed by atoms with E-state index in [-0.39, 0.29) is 17.5 Å². The molecular weight excluding hydrogens is 262 g/mol. The van der Waals surface area contributed by atoms with Crippen molar-refractivity contribution in [3.8, 4) is 0 Å². The van der Waals surface area contributed by atoms with Crippen LogP contribution in [0, 0.1) is 0 Å². The lowest BCUT2D eigenvalue weighted by Gasteiger charge is -1.90. The van der Waals surface area contributed by atoms with E-state index < -0.39 is 0 Å². The molecular formula is C14H33NO5. The number of ether oxygens (including phenoxy) is 2. The van der Waals surface area contributed by atoms with Crippen molar-refractivity contribution in [2.45, 2.75) is 34.6 Å². The lowest BCUT2D eigenvalue weighted by molar-refractivity contribution is -0.138. The summed E-state index contributed by atoms with van der Waals surface area (Å²) in [7, 11) is 10.6. The smallest absolute Gasteiger partial charge is 0.302 e. The fourth-order valence-electron chi connectivity index (χ4n) is 0. The Labute approximate surface area is 124 Å². The molecule has 0 rings (SSSR count). The summed E-state index contributed by atoms with van der Waals surface area (Å²) < 4.78 is 8.36. The zero-order valence-electron chi connectivity index (χ0n) is 15.0. The SMILES string of the molecule is CC(C)=O.CC(C)=O.CN(C)C.COC.COC(C)=O. The minimum Gasteiger partial charge on any atom is -0.469 e. The van der Waals surface area contributed by atoms with Gasteiger partial charge in [-0.2, -0.15) is 0 Å². The Bertz CT molecular complexity index is 193. The first-order valence-electron chi connectivity index (χ1n) is 5.88. The zero-order valence-corrected chi connectivity index (χ0v) is 15.0. The van der Waals surface area contributed by atoms with Gasteiger partial charge < -0.3 is 24.0 Å². The number of nitrogens with zero attached hydrogens (tertiary/aromatic N) is 1. The Morgan fingerprint density at radius 1 is 0.700 bits per heavy atom. The molecule has 0 aromatic carbocycles. The summed E-state index contributed by atoms with van der Waals surface area (Å²) in [5.74, 6) is 0.0880. The van der Waals surface area contributed by atoms with Crippen LogP contribution in [0.15, 0.2) is 0 Å². The van der Waals surface area contributed by atoms with Crippen LogP contribution in [-0.4, -0.2) is 64.9 Å². The van der Waals surface area contributed by atoms with Gasteiger partial charge in [-0.25, -0.2) is 0 Å². The Kier molecular flexibility index (Phi) is 47.8. The van der Waals surface area contributed by atoms with Crippen molar-refractivity contribution < 1.29 is 23.9 Å². The highest BCUT2D eigenvalue weighted by Crippen LogP contribution is 1.60. The topological polar surface area (TPSA) is 72.9 Å². The third kappa shape index (κ3) is 7770. The van der Waals surface area contributed by atoms with Crippen LogP contribution < -0.4 is 0 Å². The molecule has 0 fully saturated rings. The number of methoxy groups -OCH3 is 2. The van der Waals surface area contributed by atoms with Crippen molar-refractivity contribution in [1.82, 2.24) is 4.90 Å². The molecule has 0 aromatic heterocycles. The summed E-state index contributed by atoms with van der Waals surface area (Å²) in [5, 5.41) is 0. The lowest BCUT2D eigenvalue weighted by atomic mass is 10.6. The van der Waals surface area contributed by atoms with Crippen LogP contribution in [0.25, 0.3) is 0 Å². The first-order valence-corrected chi connectivity index (χ1v) is 5.88. The molecule has 0 aromatic rings. The largest absolute Gasteiger partial charge is 0.469 e. The summed E-state index contributed by atoms with van der Waals surface area (Å²) in [4.78, 5) is 30.5. The van der Waals surface area contributed by atoms with Crippen molar-refractivity contribution >= 4 is 17.5 Å². The zero-order chi connectivity index (χ0) is 17.7. The molecule has 0 heterocycles. The molecule has 0 aliphatic carbocycles. The van der Waals surface area contributed by atoms with Gasteiger partial charge in [0.1, 0.15) is 11.6 Å². The number of carbonyl (C=O) groups excluding carboxylic acids is 3. The second kappa shape index (κ2) is 30.6. The van der Waals surface area contributed by atoms with Gasteiger partial charge in [-0.15, -0.1) is 0 Å². The molecule has 6 nitrogen and oxygen atoms in total. The molecule has 0 atom stereocenters. The third-order valence-corrected chi connectivity index (χ3v) is 0.287. The van der Waals surface area contributed by atoms with E-state index in [1.54, 1.807) is 14.2 Å². The number of esters is 1. The number of rotatable bonds is 0. The van der Waals surface area contributed by atoms with Crippen molar-refractivity contribution in [2.24, 2.45) is 0 Å². The van der Waals surface area contributed by atoms with E-state index in [0.717, 1.165) is 0 Å². The van der Waals surface area contributed by atoms with Crippen LogP contribution in [0.3, 0.4) is 0 Å². The fraction of sp³-hybridized carbons (Fsp3) is 0.786. The molecule has 0 bridgehead atoms. The molecule has 0 radical (unpaired) electrons. The van der Waals surface area contributed by atoms with Crippen LogP contribution in [0.1, 0.15) is 34.6 Å². The van der Waals surface area contributed by atoms with Gasteiger partial charge in [-0.05, 0) is 48.8 Å². The van der Waals surface area contributed by atoms with Crippen LogP contribution in [0.5, 0.6) is 0 Å². The number of ketones is 2. The Morgan fingerprint density at radius 3 is 0.750 bits per heavy atom. The van der Waals surface area contributed by atoms with E-state index in [1.165, 1.54) is 41.7 Å². The standard InChI is InChI=1S/C3H9N.C3H6O2.2C3H6O.C2H6O/c1-4(2)3;1-3(4)5-2;2*1-3(2)4;1-3-2/h1-3H3;1-2H3;2*1-2H3;1-2H3. The van der Waals surface area contributed by atoms with Gasteiger partial charge in [0.15, 0.2) is 0 Å². The van der Waals surface area contributed by atoms with E-state index in [0.29, 0.717) is 0 Å². The lowest BCUT2D eigenvalue weighted by Crippen LogP contribution is -1.99. The molecule has 0 unspecified atom stereocenters. The van der Waals surface area contributed by atoms with Gasteiger partial charge in [0.25, 0.3) is 0 Å². The number of hydrogen-bond acceptors (Lipinski definition) is 6. The molecule has 6 heteroatoms. The van der Waals surface area contributed by atoms with Crippen molar-refractivity contribution in [3.05, 3.63) is 0 Å². The molecule has 0 N–H and O–H groups in total. The second-order valence-corrected chi connectivity index (χ2v) is 4.26. The van der Waals surface area contributed by atoms with Crippen LogP contribution in [0.2, 0.25) is 0 Å². The van der Waals surface area contributed by atoms with E-state index in [4.69, 9.17) is 0 Å². The third-order valence-electron chi connectivity index (χ3n) is 0.287. The Balaban J connectivity index is -0.0000000473. The minimum atomic E-state index is -0.245. The average Bonchev–Trinajstić information content (AvgIpc) is 2.15. The molecule has 0 saturated heterocycles. The van der Waals surface area contributed by atoms with E-state index in [9.17, 15) is 14.4 Å². The summed E-state index contributed by atoms with van der Waals surface area (Å²) in [6.45, 7) is 7.47. The predicted molar refractivity (Wildman–Crippen MR) is 82.9 cm³/mol. The normalized spacial score (nSPS) is 7.00. The fourth-order valence-corrected chi connectivity index (χ4v) is 0. The van der Waals surface area contributed by atoms with Gasteiger partial charge >= 0.3 is 5.97 Å². The molecule has 0 aliphatic heterocycles. The maximum absolute atomic E-state index is 9.59.